The Morgan fingerprint density at radius 1 is 1.59 bits per heavy atom. The maximum atomic E-state index is 11.5. The summed E-state index contributed by atoms with van der Waals surface area (Å²) in [5.74, 6) is -0.524. The van der Waals surface area contributed by atoms with Crippen LogP contribution in [0.5, 0.6) is 0 Å². The fourth-order valence-electron chi connectivity index (χ4n) is 1.35. The van der Waals surface area contributed by atoms with Gasteiger partial charge in [0.2, 0.25) is 5.91 Å². The molecule has 0 radical (unpaired) electrons. The quantitative estimate of drug-likeness (QED) is 0.816. The molecule has 1 atom stereocenters. The van der Waals surface area contributed by atoms with Crippen LogP contribution in [0.1, 0.15) is 13.8 Å². The van der Waals surface area contributed by atoms with Crippen molar-refractivity contribution in [2.24, 2.45) is 18.7 Å². The third kappa shape index (κ3) is 2.97. The Morgan fingerprint density at radius 3 is 2.65 bits per heavy atom. The van der Waals surface area contributed by atoms with E-state index in [0.29, 0.717) is 5.69 Å². The van der Waals surface area contributed by atoms with Crippen molar-refractivity contribution < 1.29 is 4.79 Å². The molecule has 0 saturated heterocycles. The molecule has 1 unspecified atom stereocenters. The minimum absolute atomic E-state index is 0.00519. The summed E-state index contributed by atoms with van der Waals surface area (Å²) in [7, 11) is 1.49. The largest absolute Gasteiger partial charge is 0.371 e. The number of hydrogen-bond acceptors (Lipinski definition) is 4. The molecule has 17 heavy (non-hydrogen) atoms. The van der Waals surface area contributed by atoms with E-state index in [0.717, 1.165) is 4.68 Å². The van der Waals surface area contributed by atoms with Crippen LogP contribution in [0.3, 0.4) is 0 Å². The lowest BCUT2D eigenvalue weighted by molar-refractivity contribution is -0.119. The summed E-state index contributed by atoms with van der Waals surface area (Å²) in [6.07, 6.45) is 1.39. The van der Waals surface area contributed by atoms with Crippen molar-refractivity contribution in [3.8, 4) is 0 Å². The third-order valence-electron chi connectivity index (χ3n) is 2.36. The Balaban J connectivity index is 3.07. The molecule has 0 spiro atoms. The van der Waals surface area contributed by atoms with E-state index in [9.17, 15) is 9.59 Å². The second-order valence-electron chi connectivity index (χ2n) is 4.07. The standard InChI is InChI=1S/C10H15ClN4O2/c1-5(2)8(9(12)16)14-6-4-13-15(3)10(17)7(6)11/h4-5,8,14H,1-3H3,(H2,12,16). The number of nitrogens with one attached hydrogen (secondary N) is 1. The molecular formula is C10H15ClN4O2. The Labute approximate surface area is 104 Å². The maximum absolute atomic E-state index is 11.5. The number of carbonyl (C=O) groups is 1. The summed E-state index contributed by atoms with van der Waals surface area (Å²) in [4.78, 5) is 22.7. The highest BCUT2D eigenvalue weighted by atomic mass is 35.5. The number of rotatable bonds is 4. The van der Waals surface area contributed by atoms with Gasteiger partial charge in [-0.15, -0.1) is 0 Å². The van der Waals surface area contributed by atoms with E-state index in [1.807, 2.05) is 13.8 Å². The molecule has 7 heteroatoms. The first-order valence-corrected chi connectivity index (χ1v) is 5.50. The second-order valence-corrected chi connectivity index (χ2v) is 4.45. The van der Waals surface area contributed by atoms with Gasteiger partial charge in [0.05, 0.1) is 11.9 Å². The summed E-state index contributed by atoms with van der Waals surface area (Å²) >= 11 is 5.86. The molecule has 6 nitrogen and oxygen atoms in total. The minimum atomic E-state index is -0.596. The van der Waals surface area contributed by atoms with Crippen molar-refractivity contribution in [1.82, 2.24) is 9.78 Å². The van der Waals surface area contributed by atoms with E-state index in [1.54, 1.807) is 0 Å². The Bertz CT molecular complexity index is 484. The molecule has 1 aromatic heterocycles. The molecule has 0 saturated carbocycles. The lowest BCUT2D eigenvalue weighted by atomic mass is 10.0. The van der Waals surface area contributed by atoms with Crippen LogP contribution in [0.15, 0.2) is 11.0 Å². The normalized spacial score (nSPS) is 12.5. The van der Waals surface area contributed by atoms with Gasteiger partial charge in [0.15, 0.2) is 0 Å². The van der Waals surface area contributed by atoms with E-state index in [-0.39, 0.29) is 10.9 Å². The average Bonchev–Trinajstić information content (AvgIpc) is 2.24. The number of nitrogens with zero attached hydrogens (tertiary/aromatic N) is 2. The molecule has 0 aliphatic heterocycles. The van der Waals surface area contributed by atoms with Crippen LogP contribution < -0.4 is 16.6 Å². The molecule has 0 bridgehead atoms. The molecule has 1 rings (SSSR count). The van der Waals surface area contributed by atoms with E-state index in [2.05, 4.69) is 10.4 Å². The van der Waals surface area contributed by atoms with E-state index in [4.69, 9.17) is 17.3 Å². The van der Waals surface area contributed by atoms with Gasteiger partial charge >= 0.3 is 0 Å². The van der Waals surface area contributed by atoms with Crippen LogP contribution in [-0.2, 0) is 11.8 Å². The Kier molecular flexibility index (Phi) is 4.11. The average molecular weight is 259 g/mol. The predicted octanol–water partition coefficient (Wildman–Crippen LogP) is 0.356. The number of hydrogen-bond donors (Lipinski definition) is 2. The molecule has 1 heterocycles. The highest BCUT2D eigenvalue weighted by molar-refractivity contribution is 6.33. The number of nitrogens with two attached hydrogens (primary N) is 1. The zero-order valence-corrected chi connectivity index (χ0v) is 10.7. The monoisotopic (exact) mass is 258 g/mol. The molecular weight excluding hydrogens is 244 g/mol. The minimum Gasteiger partial charge on any atom is -0.371 e. The van der Waals surface area contributed by atoms with E-state index in [1.165, 1.54) is 13.2 Å². The fourth-order valence-corrected chi connectivity index (χ4v) is 1.57. The lowest BCUT2D eigenvalue weighted by Gasteiger charge is -2.20. The van der Waals surface area contributed by atoms with Crippen LogP contribution in [0.2, 0.25) is 5.02 Å². The summed E-state index contributed by atoms with van der Waals surface area (Å²) in [5, 5.41) is 6.64. The SMILES string of the molecule is CC(C)C(Nc1cnn(C)c(=O)c1Cl)C(N)=O. The Morgan fingerprint density at radius 2 is 2.18 bits per heavy atom. The van der Waals surface area contributed by atoms with E-state index < -0.39 is 17.5 Å². The van der Waals surface area contributed by atoms with Crippen LogP contribution in [0.4, 0.5) is 5.69 Å². The first-order valence-electron chi connectivity index (χ1n) is 5.12. The Hall–Kier alpha value is -1.56. The van der Waals surface area contributed by atoms with Gasteiger partial charge in [-0.2, -0.15) is 5.10 Å². The number of aryl methyl sites for hydroxylation is 1. The van der Waals surface area contributed by atoms with Gasteiger partial charge in [0.25, 0.3) is 5.56 Å². The highest BCUT2D eigenvalue weighted by Gasteiger charge is 2.21. The zero-order valence-electron chi connectivity index (χ0n) is 9.90. The van der Waals surface area contributed by atoms with Crippen molar-refractivity contribution in [1.29, 1.82) is 0 Å². The summed E-state index contributed by atoms with van der Waals surface area (Å²) in [6, 6.07) is -0.596. The van der Waals surface area contributed by atoms with Gasteiger partial charge < -0.3 is 11.1 Å². The second kappa shape index (κ2) is 5.18. The van der Waals surface area contributed by atoms with Gasteiger partial charge in [-0.05, 0) is 5.92 Å². The van der Waals surface area contributed by atoms with Crippen LogP contribution in [0, 0.1) is 5.92 Å². The lowest BCUT2D eigenvalue weighted by Crippen LogP contribution is -2.40. The van der Waals surface area contributed by atoms with Crippen molar-refractivity contribution in [2.75, 3.05) is 5.32 Å². The zero-order chi connectivity index (χ0) is 13.2. The summed E-state index contributed by atoms with van der Waals surface area (Å²) in [6.45, 7) is 3.68. The van der Waals surface area contributed by atoms with Crippen molar-refractivity contribution in [3.63, 3.8) is 0 Å². The molecule has 0 fully saturated rings. The highest BCUT2D eigenvalue weighted by Crippen LogP contribution is 2.18. The third-order valence-corrected chi connectivity index (χ3v) is 2.73. The smallest absolute Gasteiger partial charge is 0.287 e. The van der Waals surface area contributed by atoms with Gasteiger partial charge in [-0.3, -0.25) is 9.59 Å². The summed E-state index contributed by atoms with van der Waals surface area (Å²) in [5.41, 5.74) is 5.14. The molecule has 0 aromatic carbocycles. The molecule has 0 aliphatic rings. The molecule has 0 aliphatic carbocycles. The van der Waals surface area contributed by atoms with Crippen molar-refractivity contribution >= 4 is 23.2 Å². The van der Waals surface area contributed by atoms with Gasteiger partial charge in [0, 0.05) is 7.05 Å². The number of carbonyl (C=O) groups excluding carboxylic acids is 1. The predicted molar refractivity (Wildman–Crippen MR) is 65.9 cm³/mol. The number of halogens is 1. The number of anilines is 1. The number of primary amides is 1. The van der Waals surface area contributed by atoms with Gasteiger partial charge in [-0.1, -0.05) is 25.4 Å². The number of aromatic nitrogens is 2. The van der Waals surface area contributed by atoms with Gasteiger partial charge in [0.1, 0.15) is 11.1 Å². The maximum Gasteiger partial charge on any atom is 0.287 e. The van der Waals surface area contributed by atoms with E-state index >= 15 is 0 Å². The number of amides is 1. The molecule has 94 valence electrons. The van der Waals surface area contributed by atoms with Crippen molar-refractivity contribution in [3.05, 3.63) is 21.6 Å². The topological polar surface area (TPSA) is 90.0 Å². The summed E-state index contributed by atoms with van der Waals surface area (Å²) < 4.78 is 1.11. The first kappa shape index (κ1) is 13.5. The fraction of sp³-hybridized carbons (Fsp3) is 0.500. The first-order chi connectivity index (χ1) is 7.84. The van der Waals surface area contributed by atoms with Crippen LogP contribution >= 0.6 is 11.6 Å². The molecule has 1 amide bonds. The van der Waals surface area contributed by atoms with Gasteiger partial charge in [-0.25, -0.2) is 4.68 Å². The van der Waals surface area contributed by atoms with Crippen LogP contribution in [0.25, 0.3) is 0 Å². The molecule has 1 aromatic rings. The van der Waals surface area contributed by atoms with Crippen molar-refractivity contribution in [2.45, 2.75) is 19.9 Å². The van der Waals surface area contributed by atoms with Crippen LogP contribution in [-0.4, -0.2) is 21.7 Å². The molecule has 3 N–H and O–H groups in total.